The van der Waals surface area contributed by atoms with Crippen molar-refractivity contribution in [3.63, 3.8) is 0 Å². The van der Waals surface area contributed by atoms with E-state index in [2.05, 4.69) is 5.32 Å². The predicted molar refractivity (Wildman–Crippen MR) is 81.5 cm³/mol. The number of ether oxygens (including phenoxy) is 2. The second kappa shape index (κ2) is 6.25. The third-order valence-corrected chi connectivity index (χ3v) is 4.29. The summed E-state index contributed by atoms with van der Waals surface area (Å²) in [6, 6.07) is 3.81. The molecule has 1 aliphatic heterocycles. The van der Waals surface area contributed by atoms with Crippen LogP contribution in [0.2, 0.25) is 0 Å². The topological polar surface area (TPSA) is 56.5 Å². The van der Waals surface area contributed by atoms with Gasteiger partial charge in [0.15, 0.2) is 11.5 Å². The third kappa shape index (κ3) is 3.11. The number of benzene rings is 1. The molecular formula is C16H24N2O2. The van der Waals surface area contributed by atoms with Crippen LogP contribution in [0.25, 0.3) is 0 Å². The van der Waals surface area contributed by atoms with Crippen LogP contribution in [0.4, 0.5) is 11.4 Å². The van der Waals surface area contributed by atoms with Crippen molar-refractivity contribution in [1.82, 2.24) is 0 Å². The van der Waals surface area contributed by atoms with E-state index in [0.717, 1.165) is 35.3 Å². The van der Waals surface area contributed by atoms with Crippen LogP contribution in [0.1, 0.15) is 38.5 Å². The van der Waals surface area contributed by atoms with E-state index in [1.165, 1.54) is 38.5 Å². The largest absolute Gasteiger partial charge is 0.486 e. The van der Waals surface area contributed by atoms with E-state index in [4.69, 9.17) is 15.2 Å². The van der Waals surface area contributed by atoms with Gasteiger partial charge in [0.25, 0.3) is 0 Å². The minimum absolute atomic E-state index is 0.598. The molecule has 0 unspecified atom stereocenters. The molecule has 1 aliphatic carbocycles. The van der Waals surface area contributed by atoms with Gasteiger partial charge in [-0.15, -0.1) is 0 Å². The second-order valence-electron chi connectivity index (χ2n) is 5.80. The molecule has 0 radical (unpaired) electrons. The van der Waals surface area contributed by atoms with Crippen molar-refractivity contribution in [3.05, 3.63) is 12.1 Å². The van der Waals surface area contributed by atoms with Crippen LogP contribution in [-0.2, 0) is 0 Å². The van der Waals surface area contributed by atoms with E-state index in [9.17, 15) is 0 Å². The van der Waals surface area contributed by atoms with E-state index in [1.807, 2.05) is 12.1 Å². The number of hydrogen-bond acceptors (Lipinski definition) is 4. The number of hydrogen-bond donors (Lipinski definition) is 2. The van der Waals surface area contributed by atoms with Gasteiger partial charge in [-0.1, -0.05) is 25.7 Å². The standard InChI is InChI=1S/C16H24N2O2/c17-13-10-15-16(20-9-8-19-15)11-14(13)18-7-3-6-12-4-1-2-5-12/h10-12,18H,1-9,17H2. The molecular weight excluding hydrogens is 252 g/mol. The van der Waals surface area contributed by atoms with Crippen molar-refractivity contribution in [2.45, 2.75) is 38.5 Å². The maximum Gasteiger partial charge on any atom is 0.163 e. The van der Waals surface area contributed by atoms with Crippen molar-refractivity contribution in [2.75, 3.05) is 30.8 Å². The first-order valence-corrected chi connectivity index (χ1v) is 7.76. The monoisotopic (exact) mass is 276 g/mol. The minimum Gasteiger partial charge on any atom is -0.486 e. The zero-order valence-electron chi connectivity index (χ0n) is 12.0. The number of nitrogen functional groups attached to an aromatic ring is 1. The summed E-state index contributed by atoms with van der Waals surface area (Å²) in [6.45, 7) is 2.18. The highest BCUT2D eigenvalue weighted by Crippen LogP contribution is 2.37. The highest BCUT2D eigenvalue weighted by molar-refractivity contribution is 5.72. The Morgan fingerprint density at radius 3 is 2.55 bits per heavy atom. The van der Waals surface area contributed by atoms with Crippen molar-refractivity contribution < 1.29 is 9.47 Å². The molecule has 1 heterocycles. The Labute approximate surface area is 120 Å². The van der Waals surface area contributed by atoms with Crippen LogP contribution in [0.5, 0.6) is 11.5 Å². The number of rotatable bonds is 5. The molecule has 0 spiro atoms. The molecule has 0 saturated heterocycles. The molecule has 0 amide bonds. The van der Waals surface area contributed by atoms with E-state index >= 15 is 0 Å². The lowest BCUT2D eigenvalue weighted by molar-refractivity contribution is 0.172. The normalized spacial score (nSPS) is 18.2. The number of nitrogens with two attached hydrogens (primary N) is 1. The van der Waals surface area contributed by atoms with Crippen molar-refractivity contribution in [2.24, 2.45) is 5.92 Å². The van der Waals surface area contributed by atoms with Gasteiger partial charge in [-0.3, -0.25) is 0 Å². The summed E-state index contributed by atoms with van der Waals surface area (Å²) in [5.41, 5.74) is 7.74. The summed E-state index contributed by atoms with van der Waals surface area (Å²) in [5.74, 6) is 2.50. The van der Waals surface area contributed by atoms with E-state index < -0.39 is 0 Å². The van der Waals surface area contributed by atoms with Gasteiger partial charge in [0, 0.05) is 18.7 Å². The van der Waals surface area contributed by atoms with Gasteiger partial charge >= 0.3 is 0 Å². The first-order chi connectivity index (χ1) is 9.83. The van der Waals surface area contributed by atoms with Gasteiger partial charge in [0.05, 0.1) is 11.4 Å². The predicted octanol–water partition coefficient (Wildman–Crippen LogP) is 3.42. The summed E-state index contributed by atoms with van der Waals surface area (Å²) < 4.78 is 11.1. The van der Waals surface area contributed by atoms with Crippen LogP contribution in [0, 0.1) is 5.92 Å². The van der Waals surface area contributed by atoms with E-state index in [0.29, 0.717) is 13.2 Å². The number of fused-ring (bicyclic) bond motifs is 1. The van der Waals surface area contributed by atoms with E-state index in [-0.39, 0.29) is 0 Å². The van der Waals surface area contributed by atoms with Crippen molar-refractivity contribution in [3.8, 4) is 11.5 Å². The van der Waals surface area contributed by atoms with Gasteiger partial charge < -0.3 is 20.5 Å². The van der Waals surface area contributed by atoms with Gasteiger partial charge in [0.2, 0.25) is 0 Å². The fourth-order valence-corrected chi connectivity index (χ4v) is 3.17. The van der Waals surface area contributed by atoms with Gasteiger partial charge in [0.1, 0.15) is 13.2 Å². The Morgan fingerprint density at radius 1 is 1.10 bits per heavy atom. The highest BCUT2D eigenvalue weighted by atomic mass is 16.6. The SMILES string of the molecule is Nc1cc2c(cc1NCCCC1CCCC1)OCCO2. The lowest BCUT2D eigenvalue weighted by Gasteiger charge is -2.20. The maximum atomic E-state index is 6.05. The molecule has 4 nitrogen and oxygen atoms in total. The second-order valence-corrected chi connectivity index (χ2v) is 5.80. The molecule has 4 heteroatoms. The number of anilines is 2. The Hall–Kier alpha value is -1.58. The van der Waals surface area contributed by atoms with Crippen LogP contribution < -0.4 is 20.5 Å². The summed E-state index contributed by atoms with van der Waals surface area (Å²) in [4.78, 5) is 0. The van der Waals surface area contributed by atoms with Gasteiger partial charge in [-0.05, 0) is 18.8 Å². The molecule has 1 aromatic rings. The fourth-order valence-electron chi connectivity index (χ4n) is 3.17. The highest BCUT2D eigenvalue weighted by Gasteiger charge is 2.16. The molecule has 0 bridgehead atoms. The van der Waals surface area contributed by atoms with Gasteiger partial charge in [-0.2, -0.15) is 0 Å². The zero-order chi connectivity index (χ0) is 13.8. The zero-order valence-corrected chi connectivity index (χ0v) is 12.0. The summed E-state index contributed by atoms with van der Waals surface area (Å²) >= 11 is 0. The average Bonchev–Trinajstić information content (AvgIpc) is 2.97. The molecule has 3 rings (SSSR count). The molecule has 20 heavy (non-hydrogen) atoms. The Bertz CT molecular complexity index is 456. The Morgan fingerprint density at radius 2 is 1.80 bits per heavy atom. The average molecular weight is 276 g/mol. The molecule has 3 N–H and O–H groups in total. The summed E-state index contributed by atoms with van der Waals surface area (Å²) in [7, 11) is 0. The molecule has 0 atom stereocenters. The first-order valence-electron chi connectivity index (χ1n) is 7.76. The molecule has 1 saturated carbocycles. The number of nitrogens with one attached hydrogen (secondary N) is 1. The fraction of sp³-hybridized carbons (Fsp3) is 0.625. The van der Waals surface area contributed by atoms with E-state index in [1.54, 1.807) is 0 Å². The lowest BCUT2D eigenvalue weighted by Crippen LogP contribution is -2.16. The van der Waals surface area contributed by atoms with Crippen molar-refractivity contribution >= 4 is 11.4 Å². The molecule has 1 aromatic carbocycles. The minimum atomic E-state index is 0.598. The lowest BCUT2D eigenvalue weighted by atomic mass is 10.0. The van der Waals surface area contributed by atoms with Crippen LogP contribution in [-0.4, -0.2) is 19.8 Å². The summed E-state index contributed by atoms with van der Waals surface area (Å²) in [5, 5.41) is 3.43. The molecule has 0 aromatic heterocycles. The molecule has 2 aliphatic rings. The quantitative estimate of drug-likeness (QED) is 0.639. The van der Waals surface area contributed by atoms with Crippen molar-refractivity contribution in [1.29, 1.82) is 0 Å². The maximum absolute atomic E-state index is 6.05. The first kappa shape index (κ1) is 13.4. The third-order valence-electron chi connectivity index (χ3n) is 4.29. The summed E-state index contributed by atoms with van der Waals surface area (Å²) in [6.07, 6.45) is 8.23. The van der Waals surface area contributed by atoms with Crippen LogP contribution in [0.15, 0.2) is 12.1 Å². The molecule has 1 fully saturated rings. The van der Waals surface area contributed by atoms with Crippen LogP contribution in [0.3, 0.4) is 0 Å². The Kier molecular flexibility index (Phi) is 4.19. The van der Waals surface area contributed by atoms with Crippen LogP contribution >= 0.6 is 0 Å². The smallest absolute Gasteiger partial charge is 0.163 e. The molecule has 110 valence electrons. The van der Waals surface area contributed by atoms with Gasteiger partial charge in [-0.25, -0.2) is 0 Å². The Balaban J connectivity index is 1.51.